The van der Waals surface area contributed by atoms with Crippen molar-refractivity contribution < 1.29 is 13.9 Å². The molecule has 0 bridgehead atoms. The van der Waals surface area contributed by atoms with Crippen LogP contribution in [0.4, 0.5) is 4.39 Å². The average Bonchev–Trinajstić information content (AvgIpc) is 3.12. The van der Waals surface area contributed by atoms with Gasteiger partial charge in [0.15, 0.2) is 11.6 Å². The van der Waals surface area contributed by atoms with Crippen LogP contribution in [0.2, 0.25) is 0 Å². The van der Waals surface area contributed by atoms with Crippen LogP contribution >= 0.6 is 0 Å². The van der Waals surface area contributed by atoms with Crippen LogP contribution in [0.1, 0.15) is 34.8 Å². The second-order valence-electron chi connectivity index (χ2n) is 6.63. The fraction of sp³-hybridized carbons (Fsp3) is 0.300. The van der Waals surface area contributed by atoms with Crippen LogP contribution in [-0.2, 0) is 0 Å². The summed E-state index contributed by atoms with van der Waals surface area (Å²) in [5.41, 5.74) is 2.52. The maximum absolute atomic E-state index is 13.9. The second-order valence-corrected chi connectivity index (χ2v) is 6.63. The van der Waals surface area contributed by atoms with Gasteiger partial charge < -0.3 is 14.6 Å². The molecule has 0 aliphatic carbocycles. The molecule has 1 atom stereocenters. The number of fused-ring (bicyclic) bond motifs is 1. The Morgan fingerprint density at radius 2 is 2.23 bits per heavy atom. The number of H-pyrrole nitrogens is 1. The maximum atomic E-state index is 13.9. The van der Waals surface area contributed by atoms with E-state index in [2.05, 4.69) is 16.0 Å². The molecule has 3 aromatic rings. The first-order valence-electron chi connectivity index (χ1n) is 8.71. The fourth-order valence-electron chi connectivity index (χ4n) is 3.61. The van der Waals surface area contributed by atoms with Gasteiger partial charge in [0, 0.05) is 53.6 Å². The van der Waals surface area contributed by atoms with Crippen molar-refractivity contribution in [3.63, 3.8) is 0 Å². The van der Waals surface area contributed by atoms with E-state index in [1.165, 1.54) is 19.2 Å². The van der Waals surface area contributed by atoms with E-state index < -0.39 is 5.82 Å². The Hall–Kier alpha value is -2.89. The number of hydrogen-bond acceptors (Lipinski definition) is 3. The van der Waals surface area contributed by atoms with Gasteiger partial charge in [-0.25, -0.2) is 4.39 Å². The van der Waals surface area contributed by atoms with Gasteiger partial charge in [-0.05, 0) is 43.2 Å². The molecule has 134 valence electrons. The fourth-order valence-corrected chi connectivity index (χ4v) is 3.61. The van der Waals surface area contributed by atoms with Gasteiger partial charge in [-0.3, -0.25) is 9.78 Å². The number of aromatic nitrogens is 2. The largest absolute Gasteiger partial charge is 0.494 e. The van der Waals surface area contributed by atoms with E-state index in [1.807, 2.05) is 12.3 Å². The third-order valence-electron chi connectivity index (χ3n) is 4.99. The van der Waals surface area contributed by atoms with Crippen LogP contribution in [0.5, 0.6) is 5.75 Å². The first-order chi connectivity index (χ1) is 12.7. The Labute approximate surface area is 150 Å². The molecule has 1 fully saturated rings. The molecule has 4 rings (SSSR count). The molecule has 0 saturated carbocycles. The smallest absolute Gasteiger partial charge is 0.253 e. The summed E-state index contributed by atoms with van der Waals surface area (Å²) in [5, 5.41) is 1.07. The number of amides is 1. The first kappa shape index (κ1) is 16.6. The number of nitrogens with one attached hydrogen (secondary N) is 1. The van der Waals surface area contributed by atoms with Gasteiger partial charge in [-0.2, -0.15) is 0 Å². The molecule has 1 amide bonds. The van der Waals surface area contributed by atoms with Crippen LogP contribution < -0.4 is 4.74 Å². The first-order valence-corrected chi connectivity index (χ1v) is 8.71. The van der Waals surface area contributed by atoms with Crippen molar-refractivity contribution in [3.8, 4) is 5.75 Å². The third-order valence-corrected chi connectivity index (χ3v) is 4.99. The van der Waals surface area contributed by atoms with Gasteiger partial charge in [-0.15, -0.1) is 0 Å². The van der Waals surface area contributed by atoms with E-state index >= 15 is 0 Å². The average molecular weight is 353 g/mol. The molecule has 0 spiro atoms. The Kier molecular flexibility index (Phi) is 4.32. The number of hydrogen-bond donors (Lipinski definition) is 1. The summed E-state index contributed by atoms with van der Waals surface area (Å²) in [6, 6.07) is 8.41. The molecule has 26 heavy (non-hydrogen) atoms. The molecule has 1 saturated heterocycles. The zero-order valence-corrected chi connectivity index (χ0v) is 14.5. The van der Waals surface area contributed by atoms with E-state index in [-0.39, 0.29) is 17.6 Å². The third kappa shape index (κ3) is 3.03. The number of methoxy groups -OCH3 is 1. The number of carbonyl (C=O) groups excluding carboxylic acids is 1. The molecule has 0 radical (unpaired) electrons. The predicted molar refractivity (Wildman–Crippen MR) is 96.9 cm³/mol. The SMILES string of the molecule is COc1ccc(C(=O)N2CCC[C@H](c3cc4cnccc4[nH]3)C2)cc1F. The number of ether oxygens (including phenoxy) is 1. The number of piperidine rings is 1. The molecule has 1 aliphatic heterocycles. The number of aromatic amines is 1. The minimum Gasteiger partial charge on any atom is -0.494 e. The van der Waals surface area contributed by atoms with Crippen LogP contribution in [0, 0.1) is 5.82 Å². The van der Waals surface area contributed by atoms with Gasteiger partial charge in [0.2, 0.25) is 0 Å². The highest BCUT2D eigenvalue weighted by Gasteiger charge is 2.27. The quantitative estimate of drug-likeness (QED) is 0.780. The van der Waals surface area contributed by atoms with Gasteiger partial charge >= 0.3 is 0 Å². The van der Waals surface area contributed by atoms with Crippen molar-refractivity contribution in [1.82, 2.24) is 14.9 Å². The summed E-state index contributed by atoms with van der Waals surface area (Å²) in [6.07, 6.45) is 5.53. The number of likely N-dealkylation sites (tertiary alicyclic amines) is 1. The second kappa shape index (κ2) is 6.78. The minimum absolute atomic E-state index is 0.143. The summed E-state index contributed by atoms with van der Waals surface area (Å²) >= 11 is 0. The van der Waals surface area contributed by atoms with Crippen LogP contribution in [0.15, 0.2) is 42.7 Å². The number of pyridine rings is 1. The molecular weight excluding hydrogens is 333 g/mol. The van der Waals surface area contributed by atoms with Crippen molar-refractivity contribution in [2.24, 2.45) is 0 Å². The zero-order valence-electron chi connectivity index (χ0n) is 14.5. The zero-order chi connectivity index (χ0) is 18.1. The van der Waals surface area contributed by atoms with E-state index in [4.69, 9.17) is 4.74 Å². The normalized spacial score (nSPS) is 17.5. The van der Waals surface area contributed by atoms with Crippen molar-refractivity contribution in [1.29, 1.82) is 0 Å². The van der Waals surface area contributed by atoms with Gasteiger partial charge in [-0.1, -0.05) is 0 Å². The lowest BCUT2D eigenvalue weighted by Gasteiger charge is -2.32. The van der Waals surface area contributed by atoms with Crippen LogP contribution in [0.3, 0.4) is 0 Å². The number of carbonyl (C=O) groups is 1. The highest BCUT2D eigenvalue weighted by molar-refractivity contribution is 5.94. The molecule has 1 aromatic carbocycles. The Morgan fingerprint density at radius 3 is 3.00 bits per heavy atom. The van der Waals surface area contributed by atoms with E-state index in [0.717, 1.165) is 29.4 Å². The Balaban J connectivity index is 1.54. The summed E-state index contributed by atoms with van der Waals surface area (Å²) in [4.78, 5) is 22.2. The molecule has 3 heterocycles. The predicted octanol–water partition coefficient (Wildman–Crippen LogP) is 3.73. The summed E-state index contributed by atoms with van der Waals surface area (Å²) < 4.78 is 18.9. The summed E-state index contributed by atoms with van der Waals surface area (Å²) in [6.45, 7) is 1.30. The molecule has 6 heteroatoms. The monoisotopic (exact) mass is 353 g/mol. The molecule has 5 nitrogen and oxygen atoms in total. The van der Waals surface area contributed by atoms with E-state index in [0.29, 0.717) is 18.7 Å². The lowest BCUT2D eigenvalue weighted by atomic mass is 9.94. The topological polar surface area (TPSA) is 58.2 Å². The highest BCUT2D eigenvalue weighted by atomic mass is 19.1. The maximum Gasteiger partial charge on any atom is 0.253 e. The molecule has 0 unspecified atom stereocenters. The number of rotatable bonds is 3. The number of nitrogens with zero attached hydrogens (tertiary/aromatic N) is 2. The van der Waals surface area contributed by atoms with Crippen molar-refractivity contribution in [3.05, 3.63) is 59.8 Å². The summed E-state index contributed by atoms with van der Waals surface area (Å²) in [5.74, 6) is -0.281. The Bertz CT molecular complexity index is 920. The Morgan fingerprint density at radius 1 is 1.35 bits per heavy atom. The molecule has 1 aliphatic rings. The minimum atomic E-state index is -0.518. The van der Waals surface area contributed by atoms with E-state index in [9.17, 15) is 9.18 Å². The van der Waals surface area contributed by atoms with Gasteiger partial charge in [0.1, 0.15) is 0 Å². The summed E-state index contributed by atoms with van der Waals surface area (Å²) in [7, 11) is 1.41. The lowest BCUT2D eigenvalue weighted by molar-refractivity contribution is 0.0705. The van der Waals surface area contributed by atoms with Crippen molar-refractivity contribution >= 4 is 16.8 Å². The van der Waals surface area contributed by atoms with E-state index in [1.54, 1.807) is 17.2 Å². The molecule has 2 aromatic heterocycles. The molecular formula is C20H20FN3O2. The number of halogens is 1. The van der Waals surface area contributed by atoms with Crippen LogP contribution in [-0.4, -0.2) is 41.0 Å². The van der Waals surface area contributed by atoms with Crippen LogP contribution in [0.25, 0.3) is 10.9 Å². The van der Waals surface area contributed by atoms with Gasteiger partial charge in [0.25, 0.3) is 5.91 Å². The van der Waals surface area contributed by atoms with Crippen molar-refractivity contribution in [2.75, 3.05) is 20.2 Å². The standard InChI is InChI=1S/C20H20FN3O2/c1-26-19-5-4-13(9-16(19)21)20(25)24-8-2-3-14(12-24)18-10-15-11-22-7-6-17(15)23-18/h4-7,9-11,14,23H,2-3,8,12H2,1H3/t14-/m0/s1. The number of benzene rings is 1. The van der Waals surface area contributed by atoms with Crippen molar-refractivity contribution in [2.45, 2.75) is 18.8 Å². The highest BCUT2D eigenvalue weighted by Crippen LogP contribution is 2.29. The van der Waals surface area contributed by atoms with Gasteiger partial charge in [0.05, 0.1) is 7.11 Å². The lowest BCUT2D eigenvalue weighted by Crippen LogP contribution is -2.39. The molecule has 1 N–H and O–H groups in total.